The molecular formula is C18H20N6OS. The standard InChI is InChI=1S/C18H20N6OS/c1-23-11-13(10-20-23)12-24-8-3-6-16(24)14-4-2-5-15(21-14)17(25)22-18-19-7-9-26-18/h2,4-5,7,9-11,16H,3,6,8,12H2,1H3,(H,19,22,25)/t16-/m1/s1. The molecule has 0 radical (unpaired) electrons. The molecule has 3 aromatic heterocycles. The molecule has 1 fully saturated rings. The van der Waals surface area contributed by atoms with E-state index in [1.807, 2.05) is 41.6 Å². The van der Waals surface area contributed by atoms with E-state index >= 15 is 0 Å². The number of pyridine rings is 1. The second-order valence-electron chi connectivity index (χ2n) is 6.39. The van der Waals surface area contributed by atoms with Crippen molar-refractivity contribution in [2.24, 2.45) is 7.05 Å². The number of aryl methyl sites for hydroxylation is 1. The van der Waals surface area contributed by atoms with Gasteiger partial charge in [-0.3, -0.25) is 19.7 Å². The Labute approximate surface area is 155 Å². The summed E-state index contributed by atoms with van der Waals surface area (Å²) in [6.45, 7) is 1.87. The van der Waals surface area contributed by atoms with Crippen molar-refractivity contribution in [3.05, 3.63) is 59.1 Å². The third-order valence-corrected chi connectivity index (χ3v) is 5.19. The average molecular weight is 368 g/mol. The Hall–Kier alpha value is -2.58. The highest BCUT2D eigenvalue weighted by atomic mass is 32.1. The van der Waals surface area contributed by atoms with Crippen LogP contribution >= 0.6 is 11.3 Å². The van der Waals surface area contributed by atoms with Crippen LogP contribution in [0.15, 0.2) is 42.2 Å². The third kappa shape index (κ3) is 3.66. The van der Waals surface area contributed by atoms with Crippen molar-refractivity contribution in [3.8, 4) is 0 Å². The SMILES string of the molecule is Cn1cc(CN2CCC[C@@H]2c2cccc(C(=O)Nc3nccs3)n2)cn1. The van der Waals surface area contributed by atoms with Crippen LogP contribution in [0.1, 0.15) is 40.6 Å². The molecule has 8 heteroatoms. The van der Waals surface area contributed by atoms with Crippen molar-refractivity contribution in [2.45, 2.75) is 25.4 Å². The van der Waals surface area contributed by atoms with Gasteiger partial charge in [-0.25, -0.2) is 9.97 Å². The lowest BCUT2D eigenvalue weighted by Gasteiger charge is -2.23. The van der Waals surface area contributed by atoms with E-state index < -0.39 is 0 Å². The number of rotatable bonds is 5. The number of carbonyl (C=O) groups excluding carboxylic acids is 1. The minimum absolute atomic E-state index is 0.224. The summed E-state index contributed by atoms with van der Waals surface area (Å²) in [6.07, 6.45) is 7.79. The van der Waals surface area contributed by atoms with Gasteiger partial charge in [0.2, 0.25) is 0 Å². The summed E-state index contributed by atoms with van der Waals surface area (Å²) in [7, 11) is 1.93. The minimum atomic E-state index is -0.224. The zero-order valence-corrected chi connectivity index (χ0v) is 15.3. The van der Waals surface area contributed by atoms with Gasteiger partial charge in [-0.1, -0.05) is 6.07 Å². The van der Waals surface area contributed by atoms with Gasteiger partial charge in [0.1, 0.15) is 5.69 Å². The second kappa shape index (κ2) is 7.35. The molecule has 134 valence electrons. The van der Waals surface area contributed by atoms with Gasteiger partial charge >= 0.3 is 0 Å². The lowest BCUT2D eigenvalue weighted by atomic mass is 10.1. The Balaban J connectivity index is 1.50. The van der Waals surface area contributed by atoms with Gasteiger partial charge in [-0.15, -0.1) is 11.3 Å². The minimum Gasteiger partial charge on any atom is -0.296 e. The molecule has 3 aromatic rings. The fraction of sp³-hybridized carbons (Fsp3) is 0.333. The molecule has 4 heterocycles. The molecule has 1 N–H and O–H groups in total. The second-order valence-corrected chi connectivity index (χ2v) is 7.28. The Morgan fingerprint density at radius 2 is 2.35 bits per heavy atom. The maximum Gasteiger partial charge on any atom is 0.276 e. The van der Waals surface area contributed by atoms with E-state index in [4.69, 9.17) is 0 Å². The molecule has 1 aliphatic rings. The van der Waals surface area contributed by atoms with E-state index in [1.54, 1.807) is 12.3 Å². The Morgan fingerprint density at radius 1 is 1.42 bits per heavy atom. The molecular weight excluding hydrogens is 348 g/mol. The maximum absolute atomic E-state index is 12.4. The molecule has 0 bridgehead atoms. The van der Waals surface area contributed by atoms with Crippen LogP contribution in [0.5, 0.6) is 0 Å². The van der Waals surface area contributed by atoms with Crippen LogP contribution in [0.4, 0.5) is 5.13 Å². The van der Waals surface area contributed by atoms with Crippen LogP contribution < -0.4 is 5.32 Å². The van der Waals surface area contributed by atoms with E-state index in [0.29, 0.717) is 10.8 Å². The number of hydrogen-bond acceptors (Lipinski definition) is 6. The maximum atomic E-state index is 12.4. The smallest absolute Gasteiger partial charge is 0.276 e. The summed E-state index contributed by atoms with van der Waals surface area (Å²) < 4.78 is 1.82. The van der Waals surface area contributed by atoms with Crippen LogP contribution in [0.25, 0.3) is 0 Å². The topological polar surface area (TPSA) is 75.9 Å². The van der Waals surface area contributed by atoms with Crippen LogP contribution in [-0.4, -0.2) is 37.1 Å². The van der Waals surface area contributed by atoms with Crippen LogP contribution in [0.3, 0.4) is 0 Å². The van der Waals surface area contributed by atoms with Crippen molar-refractivity contribution in [1.29, 1.82) is 0 Å². The number of aromatic nitrogens is 4. The molecule has 0 aliphatic carbocycles. The van der Waals surface area contributed by atoms with Gasteiger partial charge in [0.15, 0.2) is 5.13 Å². The highest BCUT2D eigenvalue weighted by molar-refractivity contribution is 7.13. The highest BCUT2D eigenvalue weighted by Gasteiger charge is 2.28. The van der Waals surface area contributed by atoms with E-state index in [0.717, 1.165) is 31.6 Å². The first-order valence-electron chi connectivity index (χ1n) is 8.58. The lowest BCUT2D eigenvalue weighted by Crippen LogP contribution is -2.24. The van der Waals surface area contributed by atoms with Gasteiger partial charge in [-0.2, -0.15) is 5.10 Å². The zero-order valence-electron chi connectivity index (χ0n) is 14.5. The quantitative estimate of drug-likeness (QED) is 0.749. The number of nitrogens with one attached hydrogen (secondary N) is 1. The summed E-state index contributed by atoms with van der Waals surface area (Å²) in [5.74, 6) is -0.224. The summed E-state index contributed by atoms with van der Waals surface area (Å²) in [5.41, 5.74) is 2.56. The molecule has 0 saturated carbocycles. The first-order valence-corrected chi connectivity index (χ1v) is 9.46. The number of thiazole rings is 1. The number of anilines is 1. The molecule has 0 unspecified atom stereocenters. The average Bonchev–Trinajstić information content (AvgIpc) is 3.38. The predicted molar refractivity (Wildman–Crippen MR) is 99.9 cm³/mol. The van der Waals surface area contributed by atoms with Crippen LogP contribution in [-0.2, 0) is 13.6 Å². The lowest BCUT2D eigenvalue weighted by molar-refractivity contribution is 0.102. The van der Waals surface area contributed by atoms with E-state index in [1.165, 1.54) is 16.9 Å². The van der Waals surface area contributed by atoms with Crippen molar-refractivity contribution < 1.29 is 4.79 Å². The van der Waals surface area contributed by atoms with Gasteiger partial charge in [0.25, 0.3) is 5.91 Å². The first-order chi connectivity index (χ1) is 12.7. The predicted octanol–water partition coefficient (Wildman–Crippen LogP) is 2.86. The zero-order chi connectivity index (χ0) is 17.9. The van der Waals surface area contributed by atoms with Gasteiger partial charge < -0.3 is 0 Å². The summed E-state index contributed by atoms with van der Waals surface area (Å²) in [5, 5.41) is 9.45. The number of amides is 1. The molecule has 1 atom stereocenters. The summed E-state index contributed by atoms with van der Waals surface area (Å²) in [6, 6.07) is 5.88. The van der Waals surface area contributed by atoms with E-state index in [9.17, 15) is 4.79 Å². The van der Waals surface area contributed by atoms with Crippen molar-refractivity contribution >= 4 is 22.4 Å². The van der Waals surface area contributed by atoms with Crippen molar-refractivity contribution in [1.82, 2.24) is 24.6 Å². The number of nitrogens with zero attached hydrogens (tertiary/aromatic N) is 5. The van der Waals surface area contributed by atoms with Gasteiger partial charge in [0.05, 0.1) is 17.9 Å². The van der Waals surface area contributed by atoms with Crippen molar-refractivity contribution in [2.75, 3.05) is 11.9 Å². The fourth-order valence-corrected chi connectivity index (χ4v) is 3.87. The summed E-state index contributed by atoms with van der Waals surface area (Å²) >= 11 is 1.39. The van der Waals surface area contributed by atoms with Crippen molar-refractivity contribution in [3.63, 3.8) is 0 Å². The molecule has 26 heavy (non-hydrogen) atoms. The number of hydrogen-bond donors (Lipinski definition) is 1. The largest absolute Gasteiger partial charge is 0.296 e. The Bertz CT molecular complexity index is 891. The molecule has 7 nitrogen and oxygen atoms in total. The Morgan fingerprint density at radius 3 is 3.12 bits per heavy atom. The summed E-state index contributed by atoms with van der Waals surface area (Å²) in [4.78, 5) is 23.5. The van der Waals surface area contributed by atoms with E-state index in [2.05, 4.69) is 25.3 Å². The normalized spacial score (nSPS) is 17.5. The molecule has 1 aliphatic heterocycles. The fourth-order valence-electron chi connectivity index (χ4n) is 3.35. The molecule has 0 aromatic carbocycles. The molecule has 0 spiro atoms. The Kier molecular flexibility index (Phi) is 4.77. The third-order valence-electron chi connectivity index (χ3n) is 4.51. The first kappa shape index (κ1) is 16.9. The van der Waals surface area contributed by atoms with Crippen LogP contribution in [0, 0.1) is 0 Å². The van der Waals surface area contributed by atoms with E-state index in [-0.39, 0.29) is 11.9 Å². The monoisotopic (exact) mass is 368 g/mol. The molecule has 4 rings (SSSR count). The van der Waals surface area contributed by atoms with Gasteiger partial charge in [-0.05, 0) is 31.5 Å². The molecule has 1 amide bonds. The van der Waals surface area contributed by atoms with Gasteiger partial charge in [0, 0.05) is 36.9 Å². The van der Waals surface area contributed by atoms with Crippen LogP contribution in [0.2, 0.25) is 0 Å². The highest BCUT2D eigenvalue weighted by Crippen LogP contribution is 2.32. The molecule has 1 saturated heterocycles. The number of likely N-dealkylation sites (tertiary alicyclic amines) is 1. The number of carbonyl (C=O) groups is 1.